The van der Waals surface area contributed by atoms with Crippen LogP contribution in [0, 0.1) is 18.7 Å². The number of nitrogens with zero attached hydrogens (tertiary/aromatic N) is 4. The minimum Gasteiger partial charge on any atom is -0.481 e. The van der Waals surface area contributed by atoms with Gasteiger partial charge in [-0.1, -0.05) is 25.1 Å². The fourth-order valence-electron chi connectivity index (χ4n) is 5.03. The van der Waals surface area contributed by atoms with E-state index in [4.69, 9.17) is 10.1 Å². The van der Waals surface area contributed by atoms with Gasteiger partial charge in [0.05, 0.1) is 11.4 Å². The Hall–Kier alpha value is -3.65. The lowest BCUT2D eigenvalue weighted by Gasteiger charge is -2.31. The summed E-state index contributed by atoms with van der Waals surface area (Å²) in [5, 5.41) is 12.3. The summed E-state index contributed by atoms with van der Waals surface area (Å²) >= 11 is 0. The van der Waals surface area contributed by atoms with Gasteiger partial charge >= 0.3 is 5.97 Å². The lowest BCUT2D eigenvalue weighted by atomic mass is 9.94. The second-order valence-corrected chi connectivity index (χ2v) is 10.3. The molecule has 2 saturated heterocycles. The third-order valence-corrected chi connectivity index (χ3v) is 7.47. The number of rotatable bonds is 9. The highest BCUT2D eigenvalue weighted by Gasteiger charge is 2.25. The van der Waals surface area contributed by atoms with Gasteiger partial charge < -0.3 is 15.3 Å². The molecule has 0 bridgehead atoms. The van der Waals surface area contributed by atoms with Crippen LogP contribution in [0.5, 0.6) is 0 Å². The van der Waals surface area contributed by atoms with Crippen LogP contribution >= 0.6 is 0 Å². The summed E-state index contributed by atoms with van der Waals surface area (Å²) in [5.41, 5.74) is 5.94. The molecule has 0 amide bonds. The highest BCUT2D eigenvalue weighted by atomic mass is 19.1. The molecule has 3 heterocycles. The van der Waals surface area contributed by atoms with Crippen LogP contribution < -0.4 is 10.2 Å². The van der Waals surface area contributed by atoms with Crippen LogP contribution in [0.2, 0.25) is 0 Å². The second-order valence-electron chi connectivity index (χ2n) is 10.3. The van der Waals surface area contributed by atoms with E-state index in [1.807, 2.05) is 25.1 Å². The van der Waals surface area contributed by atoms with E-state index in [2.05, 4.69) is 39.2 Å². The molecule has 0 spiro atoms. The lowest BCUT2D eigenvalue weighted by Crippen LogP contribution is -2.35. The van der Waals surface area contributed by atoms with Crippen molar-refractivity contribution in [2.45, 2.75) is 52.0 Å². The molecule has 2 aromatic carbocycles. The predicted octanol–water partition coefficient (Wildman–Crippen LogP) is 5.33. The van der Waals surface area contributed by atoms with Gasteiger partial charge in [0, 0.05) is 62.0 Å². The molecule has 5 rings (SSSR count). The number of aliphatic imine (C=N–C) groups is 1. The Kier molecular flexibility index (Phi) is 7.79. The number of piperidine rings is 1. The largest absolute Gasteiger partial charge is 0.481 e. The smallest absolute Gasteiger partial charge is 0.303 e. The van der Waals surface area contributed by atoms with Gasteiger partial charge in [-0.3, -0.25) is 9.79 Å². The van der Waals surface area contributed by atoms with Crippen molar-refractivity contribution in [2.24, 2.45) is 10.9 Å². The Balaban J connectivity index is 1.33. The first kappa shape index (κ1) is 26.0. The molecule has 3 aromatic rings. The van der Waals surface area contributed by atoms with Crippen LogP contribution in [-0.4, -0.2) is 52.4 Å². The van der Waals surface area contributed by atoms with Crippen molar-refractivity contribution in [3.8, 4) is 11.1 Å². The van der Waals surface area contributed by atoms with E-state index in [1.54, 1.807) is 12.4 Å². The van der Waals surface area contributed by atoms with Crippen molar-refractivity contribution in [1.29, 1.82) is 0 Å². The van der Waals surface area contributed by atoms with Gasteiger partial charge in [-0.25, -0.2) is 14.4 Å². The summed E-state index contributed by atoms with van der Waals surface area (Å²) in [6, 6.07) is 11.8. The summed E-state index contributed by atoms with van der Waals surface area (Å²) in [4.78, 5) is 27.0. The van der Waals surface area contributed by atoms with Crippen molar-refractivity contribution in [3.63, 3.8) is 0 Å². The minimum absolute atomic E-state index is 0.202. The van der Waals surface area contributed by atoms with E-state index >= 15 is 4.39 Å². The Morgan fingerprint density at radius 1 is 1.11 bits per heavy atom. The van der Waals surface area contributed by atoms with Crippen LogP contribution in [-0.2, 0) is 11.2 Å². The van der Waals surface area contributed by atoms with E-state index in [-0.39, 0.29) is 18.2 Å². The van der Waals surface area contributed by atoms with E-state index in [0.717, 1.165) is 61.4 Å². The predicted molar refractivity (Wildman–Crippen MR) is 148 cm³/mol. The molecule has 198 valence electrons. The molecule has 2 N–H and O–H groups in total. The third-order valence-electron chi connectivity index (χ3n) is 7.47. The fourth-order valence-corrected chi connectivity index (χ4v) is 5.03. The maximum Gasteiger partial charge on any atom is 0.303 e. The Bertz CT molecular complexity index is 1330. The lowest BCUT2D eigenvalue weighted by molar-refractivity contribution is -0.138. The molecule has 0 aliphatic carbocycles. The van der Waals surface area contributed by atoms with E-state index in [0.29, 0.717) is 29.5 Å². The summed E-state index contributed by atoms with van der Waals surface area (Å²) in [6.45, 7) is 6.57. The van der Waals surface area contributed by atoms with Crippen molar-refractivity contribution in [3.05, 3.63) is 71.3 Å². The zero-order valence-corrected chi connectivity index (χ0v) is 22.0. The number of anilines is 1. The normalized spacial score (nSPS) is 18.0. The third kappa shape index (κ3) is 6.25. The first-order chi connectivity index (χ1) is 18.4. The number of halogens is 1. The fraction of sp³-hybridized carbons (Fsp3) is 0.400. The zero-order chi connectivity index (χ0) is 26.6. The van der Waals surface area contributed by atoms with Crippen molar-refractivity contribution in [1.82, 2.24) is 15.3 Å². The Morgan fingerprint density at radius 3 is 2.45 bits per heavy atom. The number of aliphatic carboxylic acids is 1. The van der Waals surface area contributed by atoms with Crippen molar-refractivity contribution < 1.29 is 14.3 Å². The van der Waals surface area contributed by atoms with Crippen LogP contribution in [0.1, 0.15) is 49.3 Å². The molecule has 0 saturated carbocycles. The standard InChI is InChI=1S/C30H34FN5O2/c1-3-20-4-7-27(19(2)12-20)35-28(15-24-18-32-24)25-6-5-22(14-26(25)31)23-16-33-30(34-17-23)36-10-8-21(9-11-36)13-29(37)38/h4-7,12,14,16-17,21,24,32H,3,8-11,13,15,18H2,1-2H3,(H,37,38). The summed E-state index contributed by atoms with van der Waals surface area (Å²) in [6.07, 6.45) is 6.93. The Morgan fingerprint density at radius 2 is 1.84 bits per heavy atom. The van der Waals surface area contributed by atoms with Crippen LogP contribution in [0.4, 0.5) is 16.0 Å². The van der Waals surface area contributed by atoms with Gasteiger partial charge in [0.1, 0.15) is 5.82 Å². The molecule has 1 atom stereocenters. The number of hydrogen-bond donors (Lipinski definition) is 2. The number of aromatic nitrogens is 2. The van der Waals surface area contributed by atoms with Gasteiger partial charge in [-0.05, 0) is 67.0 Å². The second kappa shape index (κ2) is 11.4. The average Bonchev–Trinajstić information content (AvgIpc) is 3.74. The molecule has 2 aliphatic rings. The summed E-state index contributed by atoms with van der Waals surface area (Å²) in [5.74, 6) is -0.233. The van der Waals surface area contributed by atoms with E-state index in [9.17, 15) is 4.79 Å². The molecular formula is C30H34FN5O2. The maximum absolute atomic E-state index is 15.5. The van der Waals surface area contributed by atoms with E-state index < -0.39 is 5.97 Å². The van der Waals surface area contributed by atoms with Gasteiger partial charge in [-0.2, -0.15) is 0 Å². The number of carboxylic acids is 1. The van der Waals surface area contributed by atoms with Gasteiger partial charge in [0.2, 0.25) is 5.95 Å². The maximum atomic E-state index is 15.5. The molecule has 1 unspecified atom stereocenters. The number of carbonyl (C=O) groups is 1. The summed E-state index contributed by atoms with van der Waals surface area (Å²) < 4.78 is 15.5. The topological polar surface area (TPSA) is 101 Å². The first-order valence-electron chi connectivity index (χ1n) is 13.4. The van der Waals surface area contributed by atoms with Gasteiger partial charge in [-0.15, -0.1) is 0 Å². The monoisotopic (exact) mass is 515 g/mol. The minimum atomic E-state index is -0.745. The number of aryl methyl sites for hydroxylation is 2. The quantitative estimate of drug-likeness (QED) is 0.295. The molecule has 7 nitrogen and oxygen atoms in total. The van der Waals surface area contributed by atoms with Crippen LogP contribution in [0.15, 0.2) is 53.8 Å². The number of benzene rings is 2. The number of hydrogen-bond acceptors (Lipinski definition) is 6. The first-order valence-corrected chi connectivity index (χ1v) is 13.4. The Labute approximate surface area is 222 Å². The molecule has 38 heavy (non-hydrogen) atoms. The van der Waals surface area contributed by atoms with Gasteiger partial charge in [0.15, 0.2) is 0 Å². The molecule has 0 radical (unpaired) electrons. The zero-order valence-electron chi connectivity index (χ0n) is 22.0. The highest BCUT2D eigenvalue weighted by Crippen LogP contribution is 2.28. The molecule has 8 heteroatoms. The van der Waals surface area contributed by atoms with E-state index in [1.165, 1.54) is 11.6 Å². The van der Waals surface area contributed by atoms with Gasteiger partial charge in [0.25, 0.3) is 0 Å². The summed E-state index contributed by atoms with van der Waals surface area (Å²) in [7, 11) is 0. The average molecular weight is 516 g/mol. The molecular weight excluding hydrogens is 481 g/mol. The van der Waals surface area contributed by atoms with Crippen molar-refractivity contribution >= 4 is 23.3 Å². The SMILES string of the molecule is CCc1ccc(N=C(CC2CN2)c2ccc(-c3cnc(N4CCC(CC(=O)O)CC4)nc3)cc2F)c(C)c1. The highest BCUT2D eigenvalue weighted by molar-refractivity contribution is 6.03. The number of nitrogens with one attached hydrogen (secondary N) is 1. The number of carboxylic acid groups (broad SMARTS) is 1. The van der Waals surface area contributed by atoms with Crippen molar-refractivity contribution in [2.75, 3.05) is 24.5 Å². The molecule has 2 aliphatic heterocycles. The molecule has 2 fully saturated rings. The van der Waals surface area contributed by atoms with Crippen LogP contribution in [0.3, 0.4) is 0 Å². The van der Waals surface area contributed by atoms with Crippen LogP contribution in [0.25, 0.3) is 11.1 Å². The molecule has 1 aromatic heterocycles.